The van der Waals surface area contributed by atoms with E-state index in [-0.39, 0.29) is 12.5 Å². The molecule has 1 aliphatic rings. The van der Waals surface area contributed by atoms with Gasteiger partial charge in [-0.25, -0.2) is 0 Å². The highest BCUT2D eigenvalue weighted by Gasteiger charge is 2.28. The zero-order valence-corrected chi connectivity index (χ0v) is 13.1. The Labute approximate surface area is 127 Å². The van der Waals surface area contributed by atoms with Crippen LogP contribution in [0.4, 0.5) is 0 Å². The molecule has 3 heteroatoms. The minimum atomic E-state index is -0.168. The molecule has 1 fully saturated rings. The van der Waals surface area contributed by atoms with Crippen molar-refractivity contribution in [3.05, 3.63) is 34.9 Å². The van der Waals surface area contributed by atoms with Crippen molar-refractivity contribution < 1.29 is 9.90 Å². The summed E-state index contributed by atoms with van der Waals surface area (Å²) in [4.78, 5) is 14.6. The van der Waals surface area contributed by atoms with E-state index in [0.717, 1.165) is 42.6 Å². The normalized spacial score (nSPS) is 17.0. The van der Waals surface area contributed by atoms with Gasteiger partial charge in [0, 0.05) is 24.2 Å². The Morgan fingerprint density at radius 1 is 1.33 bits per heavy atom. The number of benzene rings is 1. The summed E-state index contributed by atoms with van der Waals surface area (Å²) in [6.07, 6.45) is 2.09. The Hall–Kier alpha value is -1.79. The number of hydrogen-bond donors (Lipinski definition) is 1. The van der Waals surface area contributed by atoms with Gasteiger partial charge in [0.1, 0.15) is 6.61 Å². The van der Waals surface area contributed by atoms with Crippen molar-refractivity contribution in [2.45, 2.75) is 33.6 Å². The molecule has 0 spiro atoms. The number of likely N-dealkylation sites (tertiary alicyclic amines) is 1. The van der Waals surface area contributed by atoms with Gasteiger partial charge in [-0.3, -0.25) is 4.79 Å². The van der Waals surface area contributed by atoms with E-state index >= 15 is 0 Å². The van der Waals surface area contributed by atoms with Gasteiger partial charge in [0.2, 0.25) is 0 Å². The Morgan fingerprint density at radius 3 is 2.62 bits per heavy atom. The molecule has 3 nitrogen and oxygen atoms in total. The summed E-state index contributed by atoms with van der Waals surface area (Å²) < 4.78 is 0. The molecule has 0 radical (unpaired) electrons. The van der Waals surface area contributed by atoms with Crippen LogP contribution in [0.15, 0.2) is 18.2 Å². The van der Waals surface area contributed by atoms with Gasteiger partial charge in [-0.15, -0.1) is 0 Å². The lowest BCUT2D eigenvalue weighted by molar-refractivity contribution is 0.0629. The molecule has 112 valence electrons. The van der Waals surface area contributed by atoms with Crippen molar-refractivity contribution in [2.24, 2.45) is 5.41 Å². The van der Waals surface area contributed by atoms with Crippen LogP contribution in [0.2, 0.25) is 0 Å². The summed E-state index contributed by atoms with van der Waals surface area (Å²) in [6.45, 7) is 7.90. The first kappa shape index (κ1) is 15.6. The Balaban J connectivity index is 2.20. The second-order valence-electron chi connectivity index (χ2n) is 6.39. The minimum absolute atomic E-state index is 0.0932. The van der Waals surface area contributed by atoms with Crippen LogP contribution in [-0.4, -0.2) is 35.6 Å². The molecule has 1 aromatic carbocycles. The maximum Gasteiger partial charge on any atom is 0.254 e. The van der Waals surface area contributed by atoms with E-state index in [1.807, 2.05) is 30.0 Å². The van der Waals surface area contributed by atoms with Gasteiger partial charge in [-0.2, -0.15) is 0 Å². The molecule has 0 atom stereocenters. The Kier molecular flexibility index (Phi) is 4.69. The largest absolute Gasteiger partial charge is 0.384 e. The van der Waals surface area contributed by atoms with Gasteiger partial charge < -0.3 is 10.0 Å². The average Bonchev–Trinajstić information content (AvgIpc) is 2.45. The zero-order valence-electron chi connectivity index (χ0n) is 13.1. The summed E-state index contributed by atoms with van der Waals surface area (Å²) in [6, 6.07) is 5.60. The van der Waals surface area contributed by atoms with Crippen LogP contribution in [-0.2, 0) is 0 Å². The first-order valence-electron chi connectivity index (χ1n) is 7.43. The van der Waals surface area contributed by atoms with Gasteiger partial charge in [-0.1, -0.05) is 31.8 Å². The van der Waals surface area contributed by atoms with E-state index in [1.165, 1.54) is 0 Å². The molecule has 0 unspecified atom stereocenters. The molecule has 1 aromatic rings. The maximum atomic E-state index is 12.7. The van der Waals surface area contributed by atoms with Crippen LogP contribution in [0, 0.1) is 24.2 Å². The first-order chi connectivity index (χ1) is 9.94. The molecule has 21 heavy (non-hydrogen) atoms. The molecule has 0 aliphatic carbocycles. The average molecular weight is 285 g/mol. The monoisotopic (exact) mass is 285 g/mol. The number of nitrogens with zero attached hydrogens (tertiary/aromatic N) is 1. The molecular formula is C18H23NO2. The molecule has 0 bridgehead atoms. The second kappa shape index (κ2) is 6.32. The third-order valence-corrected chi connectivity index (χ3v) is 4.27. The van der Waals surface area contributed by atoms with E-state index in [2.05, 4.69) is 25.7 Å². The van der Waals surface area contributed by atoms with E-state index in [1.54, 1.807) is 0 Å². The summed E-state index contributed by atoms with van der Waals surface area (Å²) in [7, 11) is 0. The van der Waals surface area contributed by atoms with Crippen LogP contribution in [0.1, 0.15) is 48.2 Å². The molecule has 1 N–H and O–H groups in total. The number of hydrogen-bond acceptors (Lipinski definition) is 2. The standard InChI is InChI=1S/C18H23NO2/c1-14-15(7-5-13-20)6-4-8-16(14)17(21)19-11-9-18(2,3)10-12-19/h4,6,8,20H,9-13H2,1-3H3. The van der Waals surface area contributed by atoms with Gasteiger partial charge in [0.05, 0.1) is 0 Å². The summed E-state index contributed by atoms with van der Waals surface area (Å²) in [5.41, 5.74) is 2.76. The molecule has 2 rings (SSSR count). The maximum absolute atomic E-state index is 12.7. The van der Waals surface area contributed by atoms with Crippen LogP contribution in [0.25, 0.3) is 0 Å². The zero-order chi connectivity index (χ0) is 15.5. The number of rotatable bonds is 1. The topological polar surface area (TPSA) is 40.5 Å². The number of amides is 1. The Morgan fingerprint density at radius 2 is 2.00 bits per heavy atom. The molecule has 1 amide bonds. The quantitative estimate of drug-likeness (QED) is 0.806. The lowest BCUT2D eigenvalue weighted by atomic mass is 9.82. The van der Waals surface area contributed by atoms with Crippen molar-refractivity contribution in [3.8, 4) is 11.8 Å². The fraction of sp³-hybridized carbons (Fsp3) is 0.500. The number of piperidine rings is 1. The second-order valence-corrected chi connectivity index (χ2v) is 6.39. The predicted molar refractivity (Wildman–Crippen MR) is 84.1 cm³/mol. The van der Waals surface area contributed by atoms with Crippen LogP contribution < -0.4 is 0 Å². The fourth-order valence-corrected chi connectivity index (χ4v) is 2.62. The lowest BCUT2D eigenvalue weighted by Crippen LogP contribution is -2.41. The Bertz CT molecular complexity index is 583. The highest BCUT2D eigenvalue weighted by atomic mass is 16.2. The fourth-order valence-electron chi connectivity index (χ4n) is 2.62. The molecule has 1 saturated heterocycles. The van der Waals surface area contributed by atoms with Crippen molar-refractivity contribution in [1.82, 2.24) is 4.90 Å². The van der Waals surface area contributed by atoms with Crippen LogP contribution in [0.3, 0.4) is 0 Å². The summed E-state index contributed by atoms with van der Waals surface area (Å²) in [5.74, 6) is 5.64. The van der Waals surface area contributed by atoms with Gasteiger partial charge in [0.15, 0.2) is 0 Å². The highest BCUT2D eigenvalue weighted by Crippen LogP contribution is 2.30. The molecule has 0 aromatic heterocycles. The van der Waals surface area contributed by atoms with Gasteiger partial charge in [-0.05, 0) is 42.9 Å². The summed E-state index contributed by atoms with van der Waals surface area (Å²) >= 11 is 0. The number of carbonyl (C=O) groups excluding carboxylic acids is 1. The molecule has 1 heterocycles. The van der Waals surface area contributed by atoms with Crippen molar-refractivity contribution in [1.29, 1.82) is 0 Å². The van der Waals surface area contributed by atoms with Crippen molar-refractivity contribution in [3.63, 3.8) is 0 Å². The van der Waals surface area contributed by atoms with Gasteiger partial charge in [0.25, 0.3) is 5.91 Å². The highest BCUT2D eigenvalue weighted by molar-refractivity contribution is 5.96. The minimum Gasteiger partial charge on any atom is -0.384 e. The van der Waals surface area contributed by atoms with E-state index < -0.39 is 0 Å². The van der Waals surface area contributed by atoms with E-state index in [4.69, 9.17) is 5.11 Å². The van der Waals surface area contributed by atoms with E-state index in [9.17, 15) is 4.79 Å². The molecular weight excluding hydrogens is 262 g/mol. The first-order valence-corrected chi connectivity index (χ1v) is 7.43. The molecule has 1 aliphatic heterocycles. The number of aliphatic hydroxyl groups excluding tert-OH is 1. The third kappa shape index (κ3) is 3.65. The van der Waals surface area contributed by atoms with Crippen LogP contribution in [0.5, 0.6) is 0 Å². The smallest absolute Gasteiger partial charge is 0.254 e. The number of aliphatic hydroxyl groups is 1. The number of carbonyl (C=O) groups is 1. The van der Waals surface area contributed by atoms with Crippen LogP contribution >= 0.6 is 0 Å². The SMILES string of the molecule is Cc1c(C#CCO)cccc1C(=O)N1CCC(C)(C)CC1. The predicted octanol–water partition coefficient (Wildman–Crippen LogP) is 2.60. The third-order valence-electron chi connectivity index (χ3n) is 4.27. The van der Waals surface area contributed by atoms with Crippen molar-refractivity contribution >= 4 is 5.91 Å². The van der Waals surface area contributed by atoms with Crippen molar-refractivity contribution in [2.75, 3.05) is 19.7 Å². The lowest BCUT2D eigenvalue weighted by Gasteiger charge is -2.37. The molecule has 0 saturated carbocycles. The van der Waals surface area contributed by atoms with Gasteiger partial charge >= 0.3 is 0 Å². The van der Waals surface area contributed by atoms with E-state index in [0.29, 0.717) is 5.41 Å². The summed E-state index contributed by atoms with van der Waals surface area (Å²) in [5, 5.41) is 8.80.